The minimum atomic E-state index is -1.02. The lowest BCUT2D eigenvalue weighted by Crippen LogP contribution is -2.40. The number of hydrogen-bond acceptors (Lipinski definition) is 4. The minimum absolute atomic E-state index is 0.0150. The van der Waals surface area contributed by atoms with Crippen LogP contribution in [0.4, 0.5) is 10.5 Å². The van der Waals surface area contributed by atoms with Crippen molar-refractivity contribution < 1.29 is 24.2 Å². The smallest absolute Gasteiger partial charge is 0.323 e. The van der Waals surface area contributed by atoms with Gasteiger partial charge in [0.1, 0.15) is 6.54 Å². The van der Waals surface area contributed by atoms with E-state index in [1.54, 1.807) is 18.2 Å². The van der Waals surface area contributed by atoms with E-state index in [2.05, 4.69) is 5.32 Å². The standard InChI is InChI=1S/C14H18N2O5/c1-20-11-6-3-9(7-12(11)21-2)15-14(19)16(8-13(17)18)10-4-5-10/h3,6-7,10H,4-5,8H2,1-2H3,(H,15,19)(H,17,18). The molecule has 1 fully saturated rings. The van der Waals surface area contributed by atoms with Crippen molar-refractivity contribution in [2.45, 2.75) is 18.9 Å². The van der Waals surface area contributed by atoms with Crippen molar-refractivity contribution in [1.29, 1.82) is 0 Å². The number of benzene rings is 1. The van der Waals surface area contributed by atoms with Crippen LogP contribution in [0.5, 0.6) is 11.5 Å². The van der Waals surface area contributed by atoms with Crippen molar-refractivity contribution in [3.8, 4) is 11.5 Å². The second-order valence-electron chi connectivity index (χ2n) is 4.75. The third-order valence-electron chi connectivity index (χ3n) is 3.19. The zero-order valence-corrected chi connectivity index (χ0v) is 12.0. The molecule has 0 aliphatic heterocycles. The largest absolute Gasteiger partial charge is 0.493 e. The first-order valence-electron chi connectivity index (χ1n) is 6.56. The summed E-state index contributed by atoms with van der Waals surface area (Å²) < 4.78 is 10.3. The zero-order chi connectivity index (χ0) is 15.4. The molecular weight excluding hydrogens is 276 g/mol. The number of aliphatic carboxylic acids is 1. The van der Waals surface area contributed by atoms with E-state index < -0.39 is 12.0 Å². The highest BCUT2D eigenvalue weighted by Crippen LogP contribution is 2.31. The number of rotatable bonds is 6. The first-order chi connectivity index (χ1) is 10.0. The number of carbonyl (C=O) groups excluding carboxylic acids is 1. The van der Waals surface area contributed by atoms with E-state index >= 15 is 0 Å². The molecule has 0 atom stereocenters. The number of nitrogens with zero attached hydrogens (tertiary/aromatic N) is 1. The molecule has 0 spiro atoms. The van der Waals surface area contributed by atoms with Crippen molar-refractivity contribution in [3.05, 3.63) is 18.2 Å². The molecule has 7 heteroatoms. The Morgan fingerprint density at radius 1 is 1.29 bits per heavy atom. The van der Waals surface area contributed by atoms with E-state index in [1.807, 2.05) is 0 Å². The molecule has 114 valence electrons. The van der Waals surface area contributed by atoms with E-state index in [0.29, 0.717) is 17.2 Å². The van der Waals surface area contributed by atoms with Crippen molar-refractivity contribution in [2.24, 2.45) is 0 Å². The molecule has 0 bridgehead atoms. The van der Waals surface area contributed by atoms with Crippen LogP contribution in [0, 0.1) is 0 Å². The minimum Gasteiger partial charge on any atom is -0.493 e. The summed E-state index contributed by atoms with van der Waals surface area (Å²) in [6.07, 6.45) is 1.68. The van der Waals surface area contributed by atoms with Gasteiger partial charge in [0.05, 0.1) is 14.2 Å². The van der Waals surface area contributed by atoms with E-state index in [0.717, 1.165) is 12.8 Å². The molecule has 0 radical (unpaired) electrons. The van der Waals surface area contributed by atoms with Gasteiger partial charge in [-0.15, -0.1) is 0 Å². The van der Waals surface area contributed by atoms with Crippen LogP contribution in [0.15, 0.2) is 18.2 Å². The average Bonchev–Trinajstić information content (AvgIpc) is 3.28. The molecule has 1 aliphatic carbocycles. The second kappa shape index (κ2) is 6.34. The van der Waals surface area contributed by atoms with Gasteiger partial charge in [-0.1, -0.05) is 0 Å². The number of amides is 2. The Morgan fingerprint density at radius 2 is 1.95 bits per heavy atom. The van der Waals surface area contributed by atoms with Gasteiger partial charge in [0.2, 0.25) is 0 Å². The molecule has 2 rings (SSSR count). The molecule has 0 unspecified atom stereocenters. The highest BCUT2D eigenvalue weighted by molar-refractivity contribution is 5.92. The Labute approximate surface area is 122 Å². The Balaban J connectivity index is 2.09. The number of hydrogen-bond donors (Lipinski definition) is 2. The Hall–Kier alpha value is -2.44. The molecule has 1 aromatic rings. The fourth-order valence-electron chi connectivity index (χ4n) is 2.01. The number of carboxylic acid groups (broad SMARTS) is 1. The Bertz CT molecular complexity index is 542. The number of anilines is 1. The van der Waals surface area contributed by atoms with E-state index in [1.165, 1.54) is 19.1 Å². The first kappa shape index (κ1) is 15.0. The van der Waals surface area contributed by atoms with Crippen molar-refractivity contribution in [3.63, 3.8) is 0 Å². The van der Waals surface area contributed by atoms with E-state index in [9.17, 15) is 9.59 Å². The van der Waals surface area contributed by atoms with Crippen LogP contribution in [0.3, 0.4) is 0 Å². The van der Waals surface area contributed by atoms with E-state index in [-0.39, 0.29) is 12.6 Å². The summed E-state index contributed by atoms with van der Waals surface area (Å²) in [5.41, 5.74) is 0.522. The van der Waals surface area contributed by atoms with Crippen LogP contribution in [0.2, 0.25) is 0 Å². The van der Waals surface area contributed by atoms with Gasteiger partial charge in [0.15, 0.2) is 11.5 Å². The van der Waals surface area contributed by atoms with Gasteiger partial charge in [-0.2, -0.15) is 0 Å². The Morgan fingerprint density at radius 3 is 2.48 bits per heavy atom. The summed E-state index contributed by atoms with van der Waals surface area (Å²) in [6, 6.07) is 4.56. The predicted octanol–water partition coefficient (Wildman–Crippen LogP) is 1.78. The topological polar surface area (TPSA) is 88.1 Å². The maximum atomic E-state index is 12.2. The van der Waals surface area contributed by atoms with Crippen LogP contribution in [0.1, 0.15) is 12.8 Å². The predicted molar refractivity (Wildman–Crippen MR) is 75.9 cm³/mol. The highest BCUT2D eigenvalue weighted by Gasteiger charge is 2.34. The normalized spacial score (nSPS) is 13.4. The lowest BCUT2D eigenvalue weighted by molar-refractivity contribution is -0.137. The van der Waals surface area contributed by atoms with Crippen molar-refractivity contribution in [2.75, 3.05) is 26.1 Å². The summed E-state index contributed by atoms with van der Waals surface area (Å²) in [5.74, 6) is 0.0240. The number of carboxylic acids is 1. The number of carbonyl (C=O) groups is 2. The lowest BCUT2D eigenvalue weighted by atomic mass is 10.2. The summed E-state index contributed by atoms with van der Waals surface area (Å²) in [4.78, 5) is 24.3. The van der Waals surface area contributed by atoms with Crippen LogP contribution < -0.4 is 14.8 Å². The fourth-order valence-corrected chi connectivity index (χ4v) is 2.01. The number of ether oxygens (including phenoxy) is 2. The van der Waals surface area contributed by atoms with E-state index in [4.69, 9.17) is 14.6 Å². The highest BCUT2D eigenvalue weighted by atomic mass is 16.5. The van der Waals surface area contributed by atoms with Gasteiger partial charge in [0.25, 0.3) is 0 Å². The lowest BCUT2D eigenvalue weighted by Gasteiger charge is -2.21. The summed E-state index contributed by atoms with van der Waals surface area (Å²) >= 11 is 0. The number of methoxy groups -OCH3 is 2. The third-order valence-corrected chi connectivity index (χ3v) is 3.19. The van der Waals surface area contributed by atoms with Gasteiger partial charge in [-0.25, -0.2) is 4.79 Å². The van der Waals surface area contributed by atoms with Crippen LogP contribution in [-0.2, 0) is 4.79 Å². The molecule has 7 nitrogen and oxygen atoms in total. The van der Waals surface area contributed by atoms with Gasteiger partial charge in [-0.3, -0.25) is 4.79 Å². The van der Waals surface area contributed by atoms with Crippen molar-refractivity contribution >= 4 is 17.7 Å². The summed E-state index contributed by atoms with van der Waals surface area (Å²) in [6.45, 7) is -0.302. The van der Waals surface area contributed by atoms with Gasteiger partial charge in [-0.05, 0) is 25.0 Å². The molecule has 0 heterocycles. The van der Waals surface area contributed by atoms with Crippen LogP contribution >= 0.6 is 0 Å². The molecular formula is C14H18N2O5. The van der Waals surface area contributed by atoms with Crippen LogP contribution in [-0.4, -0.2) is 48.8 Å². The SMILES string of the molecule is COc1ccc(NC(=O)N(CC(=O)O)C2CC2)cc1OC. The van der Waals surface area contributed by atoms with Crippen molar-refractivity contribution in [1.82, 2.24) is 4.90 Å². The maximum Gasteiger partial charge on any atom is 0.323 e. The molecule has 1 saturated carbocycles. The zero-order valence-electron chi connectivity index (χ0n) is 12.0. The average molecular weight is 294 g/mol. The molecule has 0 saturated heterocycles. The molecule has 2 N–H and O–H groups in total. The second-order valence-corrected chi connectivity index (χ2v) is 4.75. The quantitative estimate of drug-likeness (QED) is 0.835. The number of nitrogens with one attached hydrogen (secondary N) is 1. The fraction of sp³-hybridized carbons (Fsp3) is 0.429. The number of urea groups is 1. The van der Waals surface area contributed by atoms with Gasteiger partial charge in [0, 0.05) is 17.8 Å². The third kappa shape index (κ3) is 3.77. The molecule has 0 aromatic heterocycles. The summed E-state index contributed by atoms with van der Waals surface area (Å²) in [7, 11) is 3.03. The van der Waals surface area contributed by atoms with Crippen LogP contribution in [0.25, 0.3) is 0 Å². The molecule has 2 amide bonds. The monoisotopic (exact) mass is 294 g/mol. The molecule has 1 aliphatic rings. The first-order valence-corrected chi connectivity index (χ1v) is 6.56. The molecule has 21 heavy (non-hydrogen) atoms. The van der Waals surface area contributed by atoms with Gasteiger partial charge < -0.3 is 24.8 Å². The van der Waals surface area contributed by atoms with Gasteiger partial charge >= 0.3 is 12.0 Å². The molecule has 1 aromatic carbocycles. The summed E-state index contributed by atoms with van der Waals surface area (Å²) in [5, 5.41) is 11.6. The Kier molecular flexibility index (Phi) is 4.52. The maximum absolute atomic E-state index is 12.2.